The average Bonchev–Trinajstić information content (AvgIpc) is 1.64. The van der Waals surface area contributed by atoms with Crippen molar-refractivity contribution in [3.8, 4) is 0 Å². The number of hydrogen-bond acceptors (Lipinski definition) is 18. The van der Waals surface area contributed by atoms with Crippen LogP contribution in [0, 0.1) is 26.3 Å². The molecule has 0 bridgehead atoms. The van der Waals surface area contributed by atoms with Gasteiger partial charge in [0.1, 0.15) is 49.6 Å². The van der Waals surface area contributed by atoms with E-state index in [0.29, 0.717) is 32.7 Å². The number of phosphoric ester groups is 1. The van der Waals surface area contributed by atoms with E-state index >= 15 is 0 Å². The molecule has 112 heavy (non-hydrogen) atoms. The molecule has 5 unspecified atom stereocenters. The summed E-state index contributed by atoms with van der Waals surface area (Å²) in [4.78, 5) is 86.2. The van der Waals surface area contributed by atoms with Crippen LogP contribution in [0.1, 0.15) is 391 Å². The molecule has 0 aromatic carbocycles. The Kier molecular flexibility index (Phi) is 54.3. The highest BCUT2D eigenvalue weighted by molar-refractivity contribution is 7.48. The first-order valence-corrected chi connectivity index (χ1v) is 46.7. The highest BCUT2D eigenvalue weighted by Crippen LogP contribution is 2.54. The molecule has 3 fully saturated rings. The number of unbranched alkanes of at least 4 members (excludes halogenated alkanes) is 45. The van der Waals surface area contributed by atoms with Gasteiger partial charge in [0.05, 0.1) is 44.9 Å². The molecule has 4 heterocycles. The Morgan fingerprint density at radius 3 is 1.18 bits per heavy atom. The fourth-order valence-electron chi connectivity index (χ4n) is 15.8. The van der Waals surface area contributed by atoms with E-state index in [9.17, 15) is 38.4 Å². The number of carbonyl (C=O) groups is 2. The number of aliphatic hydroxyl groups is 1. The lowest BCUT2D eigenvalue weighted by Gasteiger charge is -2.41. The first-order chi connectivity index (χ1) is 54.6. The van der Waals surface area contributed by atoms with E-state index in [1.165, 1.54) is 296 Å². The van der Waals surface area contributed by atoms with Crippen LogP contribution in [0.15, 0.2) is 31.6 Å². The summed E-state index contributed by atoms with van der Waals surface area (Å²) in [6.07, 6.45) is 57.1. The molecule has 2 aromatic rings. The molecule has 644 valence electrons. The smallest absolute Gasteiger partial charge is 0.465 e. The fourth-order valence-corrected chi connectivity index (χ4v) is 17.2. The molecule has 0 radical (unpaired) electrons. The third-order valence-corrected chi connectivity index (χ3v) is 24.2. The van der Waals surface area contributed by atoms with Gasteiger partial charge in [0.2, 0.25) is 6.54 Å². The van der Waals surface area contributed by atoms with Crippen LogP contribution in [0.4, 0.5) is 0 Å². The van der Waals surface area contributed by atoms with E-state index in [4.69, 9.17) is 53.3 Å². The molecule has 3 N–H and O–H groups in total. The second-order valence-corrected chi connectivity index (χ2v) is 34.2. The van der Waals surface area contributed by atoms with Crippen molar-refractivity contribution in [3.05, 3.63) is 76.6 Å². The van der Waals surface area contributed by atoms with Gasteiger partial charge in [-0.2, -0.15) is 0 Å². The first kappa shape index (κ1) is 98.2. The zero-order valence-corrected chi connectivity index (χ0v) is 71.3. The molecular formula is C88H154N5O18P. The minimum atomic E-state index is -4.74. The van der Waals surface area contributed by atoms with Crippen LogP contribution >= 0.6 is 7.82 Å². The number of aliphatic hydroxyl groups excluding tert-OH is 1. The van der Waals surface area contributed by atoms with Crippen molar-refractivity contribution in [1.82, 2.24) is 19.1 Å². The predicted molar refractivity (Wildman–Crippen MR) is 443 cm³/mol. The number of hydrogen-bond donors (Lipinski definition) is 3. The van der Waals surface area contributed by atoms with Crippen LogP contribution < -0.4 is 22.5 Å². The van der Waals surface area contributed by atoms with Crippen LogP contribution in [0.5, 0.6) is 0 Å². The molecule has 2 aliphatic heterocycles. The molecule has 24 heteroatoms. The Morgan fingerprint density at radius 1 is 0.455 bits per heavy atom. The Bertz CT molecular complexity index is 3050. The molecule has 23 nitrogen and oxygen atoms in total. The van der Waals surface area contributed by atoms with E-state index in [0.717, 1.165) is 47.7 Å². The van der Waals surface area contributed by atoms with E-state index in [1.54, 1.807) is 0 Å². The Labute approximate surface area is 673 Å². The van der Waals surface area contributed by atoms with Gasteiger partial charge in [-0.25, -0.2) is 20.7 Å². The first-order valence-electron chi connectivity index (χ1n) is 45.3. The zero-order valence-electron chi connectivity index (χ0n) is 70.4. The van der Waals surface area contributed by atoms with Gasteiger partial charge in [0, 0.05) is 56.2 Å². The van der Waals surface area contributed by atoms with Crippen molar-refractivity contribution in [2.75, 3.05) is 52.8 Å². The number of carbonyl (C=O) groups excluding carboxylic acids is 2. The zero-order chi connectivity index (χ0) is 80.5. The molecule has 0 spiro atoms. The minimum Gasteiger partial charge on any atom is -0.465 e. The van der Waals surface area contributed by atoms with Gasteiger partial charge in [-0.1, -0.05) is 310 Å². The Balaban J connectivity index is 1.20. The van der Waals surface area contributed by atoms with Crippen LogP contribution in [0.3, 0.4) is 0 Å². The maximum absolute atomic E-state index is 14.6. The van der Waals surface area contributed by atoms with Crippen LogP contribution in [-0.2, 0) is 60.9 Å². The topological polar surface area (TPSA) is 278 Å². The van der Waals surface area contributed by atoms with Crippen molar-refractivity contribution in [3.63, 3.8) is 0 Å². The number of nitrogens with zero attached hydrogens (tertiary/aromatic N) is 3. The standard InChI is InChI=1S/C88H154N5O18P/c1-7-10-13-16-19-22-25-28-31-34-37-40-43-46-49-52-58-102-76-62-73(63-77(103-59-53-50-47-44-41-38-35-32-29-26-23-20-17-14-11-8-2)84(76)104-60-54-51-48-45-42-39-36-33-30-27-24-21-18-15-12-9-3)69-105-82(95)55-56-83(96)110-74-64-80(92-66-71(4)85(97)90-87(92)99)109-79(74)70-107-112(101,106-61-57-89-6)111-75-65-81(108-78(75)68-94)93-67-72(5)86(98)91-88(93)100/h66-67,73-81,84,94H,7-65,68-70H2,1-5H3,(H,90,97,99)(H,91,98,100)/t73?,74?,75?,76?,77?,78-,79-,80-,81-,84?,112?/m1/s1. The number of phosphoric acid groups is 1. The molecule has 2 aromatic heterocycles. The third kappa shape index (κ3) is 42.2. The molecule has 0 amide bonds. The SMILES string of the molecule is [C-]#[N+]CCOP(=O)(OC[C@H]1O[C@@H](n2cc(C)c(=O)[nH]c2=O)CC1OC(=O)CCC(=O)OCC1CC(OCCCCCCCCCCCCCCCCCC)C(OCCCCCCCCCCCCCCCCCC)C(OCCCCCCCCCCCCCCCCCC)C1)OC1C[C@H](n2cc(C)c(=O)[nH]c2=O)O[C@@H]1CO. The van der Waals surface area contributed by atoms with Crippen molar-refractivity contribution in [2.45, 2.75) is 437 Å². The summed E-state index contributed by atoms with van der Waals surface area (Å²) < 4.78 is 79.2. The molecule has 3 aliphatic rings. The van der Waals surface area contributed by atoms with Gasteiger partial charge in [0.15, 0.2) is 0 Å². The summed E-state index contributed by atoms with van der Waals surface area (Å²) in [5, 5.41) is 10.4. The third-order valence-electron chi connectivity index (χ3n) is 22.7. The number of rotatable bonds is 71. The number of nitrogens with one attached hydrogen (secondary N) is 2. The van der Waals surface area contributed by atoms with E-state index in [1.807, 2.05) is 0 Å². The molecule has 1 saturated carbocycles. The minimum absolute atomic E-state index is 0.0977. The number of ether oxygens (including phenoxy) is 7. The van der Waals surface area contributed by atoms with Crippen molar-refractivity contribution in [2.24, 2.45) is 5.92 Å². The van der Waals surface area contributed by atoms with Crippen LogP contribution in [-0.4, -0.2) is 132 Å². The number of aromatic amines is 2. The summed E-state index contributed by atoms with van der Waals surface area (Å²) >= 11 is 0. The number of H-pyrrole nitrogens is 2. The average molecular weight is 1600 g/mol. The lowest BCUT2D eigenvalue weighted by Crippen LogP contribution is -2.50. The van der Waals surface area contributed by atoms with Crippen molar-refractivity contribution in [1.29, 1.82) is 0 Å². The molecule has 9 atom stereocenters. The molecule has 2 saturated heterocycles. The Hall–Kier alpha value is -4.34. The predicted octanol–water partition coefficient (Wildman–Crippen LogP) is 20.3. The molecule has 1 aliphatic carbocycles. The molecule has 5 rings (SSSR count). The van der Waals surface area contributed by atoms with Gasteiger partial charge in [0.25, 0.3) is 11.1 Å². The quantitative estimate of drug-likeness (QED) is 0.0240. The molecular weight excluding hydrogens is 1450 g/mol. The summed E-state index contributed by atoms with van der Waals surface area (Å²) in [5.74, 6) is -1.49. The largest absolute Gasteiger partial charge is 0.475 e. The summed E-state index contributed by atoms with van der Waals surface area (Å²) in [6, 6.07) is 0. The van der Waals surface area contributed by atoms with Gasteiger partial charge >= 0.3 is 31.1 Å². The maximum Gasteiger partial charge on any atom is 0.475 e. The summed E-state index contributed by atoms with van der Waals surface area (Å²) in [6.45, 7) is 17.2. The number of aromatic nitrogens is 4. The second-order valence-electron chi connectivity index (χ2n) is 32.6. The normalized spacial score (nSPS) is 21.0. The summed E-state index contributed by atoms with van der Waals surface area (Å²) in [5.41, 5.74) is -2.38. The highest BCUT2D eigenvalue weighted by atomic mass is 31.2. The van der Waals surface area contributed by atoms with Crippen LogP contribution in [0.25, 0.3) is 4.85 Å². The van der Waals surface area contributed by atoms with Gasteiger partial charge in [-0.3, -0.25) is 51.9 Å². The fraction of sp³-hybridized carbons (Fsp3) is 0.875. The second kappa shape index (κ2) is 61.9. The lowest BCUT2D eigenvalue weighted by molar-refractivity contribution is -0.177. The van der Waals surface area contributed by atoms with Crippen LogP contribution in [0.2, 0.25) is 0 Å². The monoisotopic (exact) mass is 1600 g/mol. The maximum atomic E-state index is 14.6. The lowest BCUT2D eigenvalue weighted by atomic mass is 9.83. The van der Waals surface area contributed by atoms with Crippen molar-refractivity contribution >= 4 is 19.8 Å². The van der Waals surface area contributed by atoms with Crippen molar-refractivity contribution < 1.29 is 66.0 Å². The van der Waals surface area contributed by atoms with E-state index in [-0.39, 0.29) is 74.2 Å². The van der Waals surface area contributed by atoms with Gasteiger partial charge in [-0.15, -0.1) is 0 Å². The van der Waals surface area contributed by atoms with Gasteiger partial charge < -0.3 is 43.1 Å². The summed E-state index contributed by atoms with van der Waals surface area (Å²) in [7, 11) is -4.74. The number of aryl methyl sites for hydroxylation is 2. The van der Waals surface area contributed by atoms with E-state index in [2.05, 4.69) is 35.6 Å². The highest BCUT2D eigenvalue weighted by Gasteiger charge is 2.46. The van der Waals surface area contributed by atoms with Gasteiger partial charge in [-0.05, 0) is 51.9 Å². The Morgan fingerprint density at radius 2 is 0.804 bits per heavy atom. The van der Waals surface area contributed by atoms with E-state index < -0.39 is 99.0 Å². The number of esters is 2.